The summed E-state index contributed by atoms with van der Waals surface area (Å²) in [5, 5.41) is -0.265. The Morgan fingerprint density at radius 2 is 1.84 bits per heavy atom. The minimum Gasteiger partial charge on any atom is -0.414 e. The van der Waals surface area contributed by atoms with Crippen molar-refractivity contribution in [3.8, 4) is 0 Å². The molecule has 1 aromatic rings. The largest absolute Gasteiger partial charge is 0.523 e. The van der Waals surface area contributed by atoms with Gasteiger partial charge in [-0.15, -0.1) is 0 Å². The second-order valence-electron chi connectivity index (χ2n) is 8.61. The van der Waals surface area contributed by atoms with Crippen LogP contribution in [0.5, 0.6) is 0 Å². The van der Waals surface area contributed by atoms with Crippen LogP contribution in [0.15, 0.2) is 15.8 Å². The Balaban J connectivity index is 2.34. The van der Waals surface area contributed by atoms with Crippen molar-refractivity contribution < 1.29 is 39.3 Å². The second kappa shape index (κ2) is 8.42. The van der Waals surface area contributed by atoms with Crippen LogP contribution in [-0.2, 0) is 23.5 Å². The monoisotopic (exact) mass is 492 g/mol. The minimum atomic E-state index is -5.97. The summed E-state index contributed by atoms with van der Waals surface area (Å²) in [4.78, 5) is 24.9. The van der Waals surface area contributed by atoms with E-state index in [1.807, 2.05) is 33.9 Å². The quantitative estimate of drug-likeness (QED) is 0.280. The number of nitrogens with zero attached hydrogens (tertiary/aromatic N) is 1. The van der Waals surface area contributed by atoms with E-state index in [1.54, 1.807) is 4.98 Å². The standard InChI is InChI=1S/C16H24F4N2O7SSi/c1-15(2,3)31(4,5)27-8-11-10(29-30(25,26)16(18,19)20)6-12(28-11)22-7-9(17)13(23)21-14(22)24/h7,10-12H,6,8H2,1-5H3,(H,21,23,24)/t10-,11+,12-/m0/s1. The zero-order chi connectivity index (χ0) is 24.0. The van der Waals surface area contributed by atoms with E-state index < -0.39 is 65.9 Å². The molecule has 0 aliphatic carbocycles. The van der Waals surface area contributed by atoms with Gasteiger partial charge in [-0.05, 0) is 18.1 Å². The highest BCUT2D eigenvalue weighted by Gasteiger charge is 2.52. The number of hydrogen-bond acceptors (Lipinski definition) is 7. The molecule has 1 aromatic heterocycles. The summed E-state index contributed by atoms with van der Waals surface area (Å²) < 4.78 is 91.4. The van der Waals surface area contributed by atoms with Crippen LogP contribution in [0.25, 0.3) is 0 Å². The smallest absolute Gasteiger partial charge is 0.414 e. The van der Waals surface area contributed by atoms with E-state index in [1.165, 1.54) is 0 Å². The third kappa shape index (κ3) is 5.63. The lowest BCUT2D eigenvalue weighted by Gasteiger charge is -2.37. The van der Waals surface area contributed by atoms with Crippen molar-refractivity contribution in [3.05, 3.63) is 32.9 Å². The van der Waals surface area contributed by atoms with Crippen LogP contribution in [0.4, 0.5) is 17.6 Å². The van der Waals surface area contributed by atoms with E-state index in [0.29, 0.717) is 10.8 Å². The lowest BCUT2D eigenvalue weighted by atomic mass is 10.2. The van der Waals surface area contributed by atoms with Crippen LogP contribution < -0.4 is 11.2 Å². The molecule has 1 fully saturated rings. The van der Waals surface area contributed by atoms with Gasteiger partial charge < -0.3 is 9.16 Å². The van der Waals surface area contributed by atoms with Gasteiger partial charge in [0.05, 0.1) is 12.8 Å². The number of aromatic amines is 1. The average Bonchev–Trinajstić information content (AvgIpc) is 2.96. The van der Waals surface area contributed by atoms with Gasteiger partial charge >= 0.3 is 21.3 Å². The van der Waals surface area contributed by atoms with Gasteiger partial charge in [0, 0.05) is 6.42 Å². The lowest BCUT2D eigenvalue weighted by molar-refractivity contribution is -0.0659. The van der Waals surface area contributed by atoms with Gasteiger partial charge in [-0.25, -0.2) is 4.79 Å². The van der Waals surface area contributed by atoms with Gasteiger partial charge in [-0.2, -0.15) is 26.0 Å². The molecule has 2 rings (SSSR count). The number of nitrogens with one attached hydrogen (secondary N) is 1. The fourth-order valence-corrected chi connectivity index (χ4v) is 4.17. The Labute approximate surface area is 176 Å². The Kier molecular flexibility index (Phi) is 6.98. The van der Waals surface area contributed by atoms with Crippen molar-refractivity contribution >= 4 is 18.4 Å². The molecule has 2 heterocycles. The molecule has 178 valence electrons. The number of aromatic nitrogens is 2. The van der Waals surface area contributed by atoms with Gasteiger partial charge in [0.25, 0.3) is 5.56 Å². The van der Waals surface area contributed by atoms with E-state index in [0.717, 1.165) is 0 Å². The molecule has 31 heavy (non-hydrogen) atoms. The molecule has 9 nitrogen and oxygen atoms in total. The molecule has 1 aliphatic heterocycles. The molecular formula is C16H24F4N2O7SSi. The van der Waals surface area contributed by atoms with E-state index in [2.05, 4.69) is 4.18 Å². The molecule has 15 heteroatoms. The number of rotatable bonds is 6. The van der Waals surface area contributed by atoms with E-state index in [-0.39, 0.29) is 11.6 Å². The summed E-state index contributed by atoms with van der Waals surface area (Å²) in [6, 6.07) is 0. The van der Waals surface area contributed by atoms with Crippen molar-refractivity contribution in [2.45, 2.75) is 69.3 Å². The van der Waals surface area contributed by atoms with Crippen LogP contribution in [0.2, 0.25) is 18.1 Å². The zero-order valence-electron chi connectivity index (χ0n) is 17.4. The molecule has 1 saturated heterocycles. The number of H-pyrrole nitrogens is 1. The lowest BCUT2D eigenvalue weighted by Crippen LogP contribution is -2.44. The normalized spacial score (nSPS) is 23.3. The highest BCUT2D eigenvalue weighted by atomic mass is 32.2. The van der Waals surface area contributed by atoms with Crippen LogP contribution in [0, 0.1) is 5.82 Å². The summed E-state index contributed by atoms with van der Waals surface area (Å²) in [5.74, 6) is -1.33. The molecule has 3 atom stereocenters. The molecular weight excluding hydrogens is 468 g/mol. The summed E-state index contributed by atoms with van der Waals surface area (Å²) in [6.07, 6.45) is -4.37. The third-order valence-corrected chi connectivity index (χ3v) is 10.9. The molecule has 1 N–H and O–H groups in total. The highest BCUT2D eigenvalue weighted by Crippen LogP contribution is 2.39. The average molecular weight is 493 g/mol. The first-order valence-electron chi connectivity index (χ1n) is 9.15. The Bertz CT molecular complexity index is 1030. The Morgan fingerprint density at radius 1 is 1.26 bits per heavy atom. The van der Waals surface area contributed by atoms with E-state index in [4.69, 9.17) is 9.16 Å². The minimum absolute atomic E-state index is 0.265. The topological polar surface area (TPSA) is 117 Å². The van der Waals surface area contributed by atoms with Crippen LogP contribution in [0.1, 0.15) is 33.4 Å². The fraction of sp³-hybridized carbons (Fsp3) is 0.750. The molecule has 0 bridgehead atoms. The molecule has 0 aromatic carbocycles. The molecule has 0 amide bonds. The first-order chi connectivity index (χ1) is 13.9. The van der Waals surface area contributed by atoms with Crippen molar-refractivity contribution in [1.82, 2.24) is 9.55 Å². The third-order valence-electron chi connectivity index (χ3n) is 5.36. The molecule has 0 unspecified atom stereocenters. The SMILES string of the molecule is CC(C)(C)[Si](C)(C)OC[C@H]1O[C@H](n2cc(F)c(=O)[nH]c2=O)C[C@@H]1OS(=O)(=O)C(F)(F)F. The van der Waals surface area contributed by atoms with Crippen LogP contribution >= 0.6 is 0 Å². The van der Waals surface area contributed by atoms with Crippen molar-refractivity contribution in [2.75, 3.05) is 6.61 Å². The molecule has 0 radical (unpaired) electrons. The number of hydrogen-bond donors (Lipinski definition) is 1. The summed E-state index contributed by atoms with van der Waals surface area (Å²) in [6.45, 7) is 9.17. The fourth-order valence-electron chi connectivity index (χ4n) is 2.52. The molecule has 1 aliphatic rings. The van der Waals surface area contributed by atoms with Crippen molar-refractivity contribution in [2.24, 2.45) is 0 Å². The number of halogens is 4. The van der Waals surface area contributed by atoms with Gasteiger partial charge in [0.2, 0.25) is 5.82 Å². The Morgan fingerprint density at radius 3 is 2.35 bits per heavy atom. The van der Waals surface area contributed by atoms with Crippen LogP contribution in [0.3, 0.4) is 0 Å². The van der Waals surface area contributed by atoms with Gasteiger partial charge in [-0.3, -0.25) is 18.5 Å². The highest BCUT2D eigenvalue weighted by molar-refractivity contribution is 7.87. The summed E-state index contributed by atoms with van der Waals surface area (Å²) in [7, 11) is -8.38. The summed E-state index contributed by atoms with van der Waals surface area (Å²) >= 11 is 0. The maximum atomic E-state index is 13.6. The van der Waals surface area contributed by atoms with Gasteiger partial charge in [0.15, 0.2) is 8.32 Å². The maximum absolute atomic E-state index is 13.6. The Hall–Kier alpha value is -1.55. The predicted octanol–water partition coefficient (Wildman–Crippen LogP) is 2.22. The van der Waals surface area contributed by atoms with E-state index in [9.17, 15) is 35.6 Å². The predicted molar refractivity (Wildman–Crippen MR) is 103 cm³/mol. The number of alkyl halides is 3. The number of ether oxygens (including phenoxy) is 1. The first-order valence-corrected chi connectivity index (χ1v) is 13.5. The molecule has 0 spiro atoms. The van der Waals surface area contributed by atoms with Crippen LogP contribution in [-0.4, -0.2) is 50.6 Å². The molecule has 0 saturated carbocycles. The second-order valence-corrected chi connectivity index (χ2v) is 15.0. The maximum Gasteiger partial charge on any atom is 0.523 e. The summed E-state index contributed by atoms with van der Waals surface area (Å²) in [5.41, 5.74) is -8.04. The van der Waals surface area contributed by atoms with Crippen molar-refractivity contribution in [3.63, 3.8) is 0 Å². The van der Waals surface area contributed by atoms with Crippen molar-refractivity contribution in [1.29, 1.82) is 0 Å². The van der Waals surface area contributed by atoms with Gasteiger partial charge in [0.1, 0.15) is 18.4 Å². The first kappa shape index (κ1) is 25.7. The van der Waals surface area contributed by atoms with E-state index >= 15 is 0 Å². The zero-order valence-corrected chi connectivity index (χ0v) is 19.3. The van der Waals surface area contributed by atoms with Gasteiger partial charge in [-0.1, -0.05) is 20.8 Å².